The predicted octanol–water partition coefficient (Wildman–Crippen LogP) is 1.87. The van der Waals surface area contributed by atoms with Crippen LogP contribution in [0.1, 0.15) is 12.8 Å². The minimum Gasteiger partial charge on any atom is -0.310 e. The zero-order chi connectivity index (χ0) is 12.2. The van der Waals surface area contributed by atoms with Crippen molar-refractivity contribution < 1.29 is 22.0 Å². The molecule has 0 aromatic rings. The topological polar surface area (TPSA) is 15.3 Å². The number of hydrogen-bond donors (Lipinski definition) is 1. The molecule has 1 rings (SSSR count). The smallest absolute Gasteiger partial charge is 0.310 e. The number of halogens is 5. The molecule has 0 saturated carbocycles. The van der Waals surface area contributed by atoms with Crippen LogP contribution in [0.15, 0.2) is 0 Å². The SMILES string of the molecule is FC(F)(F)C(F)(F)CNCCN1CCCC1. The van der Waals surface area contributed by atoms with Crippen molar-refractivity contribution in [2.75, 3.05) is 32.7 Å². The molecule has 0 bridgehead atoms. The van der Waals surface area contributed by atoms with Gasteiger partial charge in [0.1, 0.15) is 0 Å². The number of alkyl halides is 5. The maximum Gasteiger partial charge on any atom is 0.454 e. The van der Waals surface area contributed by atoms with E-state index < -0.39 is 18.6 Å². The van der Waals surface area contributed by atoms with Crippen LogP contribution in [-0.4, -0.2) is 49.7 Å². The molecule has 1 N–H and O–H groups in total. The van der Waals surface area contributed by atoms with E-state index in [0.29, 0.717) is 6.54 Å². The van der Waals surface area contributed by atoms with E-state index in [1.807, 2.05) is 4.90 Å². The Morgan fingerprint density at radius 1 is 1.00 bits per heavy atom. The second-order valence-corrected chi connectivity index (χ2v) is 3.93. The molecular weight excluding hydrogens is 231 g/mol. The summed E-state index contributed by atoms with van der Waals surface area (Å²) in [6.07, 6.45) is -3.33. The third-order valence-corrected chi connectivity index (χ3v) is 2.57. The Bertz CT molecular complexity index is 210. The van der Waals surface area contributed by atoms with Gasteiger partial charge in [-0.1, -0.05) is 0 Å². The van der Waals surface area contributed by atoms with Gasteiger partial charge in [-0.05, 0) is 25.9 Å². The Morgan fingerprint density at radius 2 is 1.56 bits per heavy atom. The van der Waals surface area contributed by atoms with Crippen molar-refractivity contribution in [3.63, 3.8) is 0 Å². The van der Waals surface area contributed by atoms with Crippen molar-refractivity contribution in [2.45, 2.75) is 24.9 Å². The molecule has 0 amide bonds. The van der Waals surface area contributed by atoms with Gasteiger partial charge in [0, 0.05) is 13.1 Å². The fraction of sp³-hybridized carbons (Fsp3) is 1.00. The van der Waals surface area contributed by atoms with E-state index in [-0.39, 0.29) is 6.54 Å². The van der Waals surface area contributed by atoms with E-state index in [1.165, 1.54) is 0 Å². The van der Waals surface area contributed by atoms with Crippen LogP contribution in [0, 0.1) is 0 Å². The molecule has 7 heteroatoms. The highest BCUT2D eigenvalue weighted by molar-refractivity contribution is 4.78. The Labute approximate surface area is 90.8 Å². The Morgan fingerprint density at radius 3 is 2.06 bits per heavy atom. The molecule has 0 unspecified atom stereocenters. The van der Waals surface area contributed by atoms with Crippen molar-refractivity contribution in [3.05, 3.63) is 0 Å². The van der Waals surface area contributed by atoms with E-state index in [0.717, 1.165) is 25.9 Å². The van der Waals surface area contributed by atoms with Crippen LogP contribution in [0.4, 0.5) is 22.0 Å². The molecule has 0 radical (unpaired) electrons. The zero-order valence-corrected chi connectivity index (χ0v) is 8.79. The average Bonchev–Trinajstić information content (AvgIpc) is 2.63. The number of nitrogens with zero attached hydrogens (tertiary/aromatic N) is 1. The first kappa shape index (κ1) is 13.6. The lowest BCUT2D eigenvalue weighted by atomic mass is 10.3. The lowest BCUT2D eigenvalue weighted by Crippen LogP contribution is -2.46. The molecule has 1 fully saturated rings. The molecule has 96 valence electrons. The molecule has 1 saturated heterocycles. The summed E-state index contributed by atoms with van der Waals surface area (Å²) in [4.78, 5) is 2.04. The van der Waals surface area contributed by atoms with Crippen LogP contribution in [-0.2, 0) is 0 Å². The summed E-state index contributed by atoms with van der Waals surface area (Å²) in [5, 5.41) is 2.15. The minimum atomic E-state index is -5.46. The normalized spacial score (nSPS) is 19.3. The maximum atomic E-state index is 12.4. The quantitative estimate of drug-likeness (QED) is 0.588. The number of hydrogen-bond acceptors (Lipinski definition) is 2. The van der Waals surface area contributed by atoms with Crippen LogP contribution in [0.3, 0.4) is 0 Å². The van der Waals surface area contributed by atoms with E-state index >= 15 is 0 Å². The molecule has 16 heavy (non-hydrogen) atoms. The zero-order valence-electron chi connectivity index (χ0n) is 8.79. The molecule has 0 aromatic heterocycles. The molecule has 0 spiro atoms. The van der Waals surface area contributed by atoms with Crippen molar-refractivity contribution in [1.82, 2.24) is 10.2 Å². The van der Waals surface area contributed by atoms with Gasteiger partial charge in [-0.2, -0.15) is 22.0 Å². The average molecular weight is 246 g/mol. The summed E-state index contributed by atoms with van der Waals surface area (Å²) in [5.41, 5.74) is 0. The van der Waals surface area contributed by atoms with Crippen molar-refractivity contribution in [3.8, 4) is 0 Å². The van der Waals surface area contributed by atoms with Gasteiger partial charge >= 0.3 is 12.1 Å². The highest BCUT2D eigenvalue weighted by Gasteiger charge is 2.56. The van der Waals surface area contributed by atoms with Crippen molar-refractivity contribution in [2.24, 2.45) is 0 Å². The Balaban J connectivity index is 2.14. The van der Waals surface area contributed by atoms with Crippen LogP contribution < -0.4 is 5.32 Å². The number of nitrogens with one attached hydrogen (secondary N) is 1. The molecular formula is C9H15F5N2. The van der Waals surface area contributed by atoms with Gasteiger partial charge in [0.05, 0.1) is 6.54 Å². The van der Waals surface area contributed by atoms with Crippen LogP contribution in [0.25, 0.3) is 0 Å². The summed E-state index contributed by atoms with van der Waals surface area (Å²) >= 11 is 0. The summed E-state index contributed by atoms with van der Waals surface area (Å²) in [6, 6.07) is 0. The second kappa shape index (κ2) is 5.27. The minimum absolute atomic E-state index is 0.158. The second-order valence-electron chi connectivity index (χ2n) is 3.93. The maximum absolute atomic E-state index is 12.4. The van der Waals surface area contributed by atoms with Crippen LogP contribution >= 0.6 is 0 Å². The van der Waals surface area contributed by atoms with Gasteiger partial charge in [0.25, 0.3) is 0 Å². The third kappa shape index (κ3) is 3.86. The first-order valence-corrected chi connectivity index (χ1v) is 5.20. The molecule has 1 heterocycles. The van der Waals surface area contributed by atoms with Gasteiger partial charge < -0.3 is 10.2 Å². The number of rotatable bonds is 5. The monoisotopic (exact) mass is 246 g/mol. The lowest BCUT2D eigenvalue weighted by Gasteiger charge is -2.21. The van der Waals surface area contributed by atoms with E-state index in [4.69, 9.17) is 0 Å². The van der Waals surface area contributed by atoms with E-state index in [9.17, 15) is 22.0 Å². The summed E-state index contributed by atoms with van der Waals surface area (Å²) in [7, 11) is 0. The first-order valence-electron chi connectivity index (χ1n) is 5.20. The first-order chi connectivity index (χ1) is 7.33. The summed E-state index contributed by atoms with van der Waals surface area (Å²) in [5.74, 6) is -4.64. The third-order valence-electron chi connectivity index (χ3n) is 2.57. The molecule has 1 aliphatic rings. The standard InChI is InChI=1S/C9H15F5N2/c10-8(11,9(12,13)14)7-15-3-6-16-4-1-2-5-16/h15H,1-7H2. The van der Waals surface area contributed by atoms with Crippen LogP contribution in [0.2, 0.25) is 0 Å². The largest absolute Gasteiger partial charge is 0.454 e. The molecule has 1 aliphatic heterocycles. The van der Waals surface area contributed by atoms with Crippen LogP contribution in [0.5, 0.6) is 0 Å². The van der Waals surface area contributed by atoms with E-state index in [2.05, 4.69) is 5.32 Å². The van der Waals surface area contributed by atoms with Gasteiger partial charge in [0.2, 0.25) is 0 Å². The fourth-order valence-corrected chi connectivity index (χ4v) is 1.59. The Hall–Kier alpha value is -0.430. The molecule has 0 aromatic carbocycles. The molecule has 0 aliphatic carbocycles. The highest BCUT2D eigenvalue weighted by Crippen LogP contribution is 2.34. The molecule has 2 nitrogen and oxygen atoms in total. The van der Waals surface area contributed by atoms with Crippen molar-refractivity contribution in [1.29, 1.82) is 0 Å². The summed E-state index contributed by atoms with van der Waals surface area (Å²) in [6.45, 7) is 1.14. The summed E-state index contributed by atoms with van der Waals surface area (Å²) < 4.78 is 60.1. The highest BCUT2D eigenvalue weighted by atomic mass is 19.4. The van der Waals surface area contributed by atoms with Gasteiger partial charge in [0.15, 0.2) is 0 Å². The lowest BCUT2D eigenvalue weighted by molar-refractivity contribution is -0.279. The van der Waals surface area contributed by atoms with Gasteiger partial charge in [-0.25, -0.2) is 0 Å². The number of likely N-dealkylation sites (tertiary alicyclic amines) is 1. The van der Waals surface area contributed by atoms with Crippen molar-refractivity contribution >= 4 is 0 Å². The molecule has 0 atom stereocenters. The van der Waals surface area contributed by atoms with Gasteiger partial charge in [-0.15, -0.1) is 0 Å². The van der Waals surface area contributed by atoms with E-state index in [1.54, 1.807) is 0 Å². The Kier molecular flexibility index (Phi) is 4.49. The van der Waals surface area contributed by atoms with Gasteiger partial charge in [-0.3, -0.25) is 0 Å². The fourth-order valence-electron chi connectivity index (χ4n) is 1.59. The predicted molar refractivity (Wildman–Crippen MR) is 49.5 cm³/mol.